The molecule has 1 saturated carbocycles. The van der Waals surface area contributed by atoms with Crippen LogP contribution in [0.25, 0.3) is 0 Å². The third-order valence-electron chi connectivity index (χ3n) is 5.11. The summed E-state index contributed by atoms with van der Waals surface area (Å²) in [4.78, 5) is 12.9. The van der Waals surface area contributed by atoms with Gasteiger partial charge < -0.3 is 9.84 Å². The fraction of sp³-hybridized carbons (Fsp3) is 0.438. The summed E-state index contributed by atoms with van der Waals surface area (Å²) >= 11 is 2.30. The normalized spacial score (nSPS) is 41.9. The van der Waals surface area contributed by atoms with E-state index < -0.39 is 11.0 Å². The van der Waals surface area contributed by atoms with Gasteiger partial charge in [-0.05, 0) is 38.2 Å². The molecule has 1 N–H and O–H groups in total. The van der Waals surface area contributed by atoms with Crippen LogP contribution in [0.4, 0.5) is 0 Å². The lowest BCUT2D eigenvalue weighted by Crippen LogP contribution is -2.58. The molecule has 1 aliphatic heterocycles. The molecule has 1 aromatic carbocycles. The summed E-state index contributed by atoms with van der Waals surface area (Å²) in [6, 6.07) is 10.1. The Kier molecular flexibility index (Phi) is 2.69. The van der Waals surface area contributed by atoms with Crippen molar-refractivity contribution in [2.45, 2.75) is 17.9 Å². The number of hydrogen-bond acceptors (Lipinski definition) is 3. The van der Waals surface area contributed by atoms with Crippen LogP contribution in [0.5, 0.6) is 0 Å². The maximum absolute atomic E-state index is 12.9. The molecule has 0 aromatic heterocycles. The largest absolute Gasteiger partial charge is 0.395 e. The predicted octanol–water partition coefficient (Wildman–Crippen LogP) is 2.44. The summed E-state index contributed by atoms with van der Waals surface area (Å²) in [5.41, 5.74) is -0.293. The molecule has 2 bridgehead atoms. The van der Waals surface area contributed by atoms with Crippen LogP contribution in [0, 0.1) is 11.3 Å². The second-order valence-electron chi connectivity index (χ2n) is 5.99. The number of Topliss-reactive ketones (excluding diaryl/α,β-unsaturated/α-hetero) is 1. The number of ketones is 1. The number of hydrogen-bond donors (Lipinski definition) is 1. The van der Waals surface area contributed by atoms with E-state index in [1.807, 2.05) is 24.3 Å². The van der Waals surface area contributed by atoms with Gasteiger partial charge in [0.15, 0.2) is 11.4 Å². The van der Waals surface area contributed by atoms with Crippen LogP contribution in [0.1, 0.15) is 17.9 Å². The van der Waals surface area contributed by atoms with Crippen molar-refractivity contribution in [3.05, 3.63) is 45.6 Å². The molecule has 1 saturated heterocycles. The first kappa shape index (κ1) is 13.0. The Bertz CT molecular complexity index is 605. The summed E-state index contributed by atoms with van der Waals surface area (Å²) in [6.07, 6.45) is 2.87. The SMILES string of the molecule is O=C1[C@@]2(CO)C=C(I)[C@H](CC2c2ccccc2)[C@]12CO2. The van der Waals surface area contributed by atoms with Crippen molar-refractivity contribution < 1.29 is 14.6 Å². The molecule has 0 amide bonds. The molecule has 5 rings (SSSR count). The summed E-state index contributed by atoms with van der Waals surface area (Å²) in [5.74, 6) is 0.298. The molecule has 1 heterocycles. The quantitative estimate of drug-likeness (QED) is 0.632. The Morgan fingerprint density at radius 3 is 2.60 bits per heavy atom. The monoisotopic (exact) mass is 382 g/mol. The van der Waals surface area contributed by atoms with Gasteiger partial charge >= 0.3 is 0 Å². The second-order valence-corrected chi connectivity index (χ2v) is 7.23. The average Bonchev–Trinajstić information content (AvgIpc) is 3.26. The first-order valence-corrected chi connectivity index (χ1v) is 7.95. The van der Waals surface area contributed by atoms with Gasteiger partial charge in [0.05, 0.1) is 18.6 Å². The number of aliphatic hydroxyl groups is 1. The first-order valence-electron chi connectivity index (χ1n) is 6.87. The summed E-state index contributed by atoms with van der Waals surface area (Å²) < 4.78 is 6.73. The van der Waals surface area contributed by atoms with Gasteiger partial charge in [0.25, 0.3) is 0 Å². The highest BCUT2D eigenvalue weighted by atomic mass is 127. The van der Waals surface area contributed by atoms with Crippen LogP contribution < -0.4 is 0 Å². The lowest BCUT2D eigenvalue weighted by molar-refractivity contribution is -0.142. The predicted molar refractivity (Wildman–Crippen MR) is 82.6 cm³/mol. The number of ether oxygens (including phenoxy) is 1. The Hall–Kier alpha value is -0.720. The number of carbonyl (C=O) groups is 1. The lowest BCUT2D eigenvalue weighted by Gasteiger charge is -2.50. The van der Waals surface area contributed by atoms with E-state index in [0.717, 1.165) is 12.0 Å². The van der Waals surface area contributed by atoms with E-state index in [2.05, 4.69) is 34.7 Å². The standard InChI is InChI=1S/C16H15IO3/c17-13-7-15(8-18)11(10-4-2-1-3-5-10)6-12(13)16(9-20-16)14(15)19/h1-5,7,11-12,18H,6,8-9H2/t11?,12-,15+,16+/m0/s1. The minimum atomic E-state index is -0.802. The van der Waals surface area contributed by atoms with Gasteiger partial charge in [-0.2, -0.15) is 0 Å². The van der Waals surface area contributed by atoms with Crippen LogP contribution >= 0.6 is 22.6 Å². The zero-order valence-corrected chi connectivity index (χ0v) is 13.0. The van der Waals surface area contributed by atoms with E-state index in [-0.39, 0.29) is 24.2 Å². The zero-order valence-electron chi connectivity index (χ0n) is 10.9. The number of rotatable bonds is 2. The Balaban J connectivity index is 1.87. The molecule has 1 spiro atoms. The Morgan fingerprint density at radius 1 is 1.30 bits per heavy atom. The molecular formula is C16H15IO3. The number of epoxide rings is 1. The number of carbonyl (C=O) groups excluding carboxylic acids is 1. The smallest absolute Gasteiger partial charge is 0.180 e. The zero-order chi connectivity index (χ0) is 14.0. The van der Waals surface area contributed by atoms with Gasteiger partial charge in [-0.15, -0.1) is 0 Å². The maximum atomic E-state index is 12.9. The molecule has 2 fully saturated rings. The van der Waals surface area contributed by atoms with Crippen LogP contribution in [0.3, 0.4) is 0 Å². The molecule has 0 radical (unpaired) electrons. The molecule has 104 valence electrons. The van der Waals surface area contributed by atoms with E-state index >= 15 is 0 Å². The number of fused-ring (bicyclic) bond motifs is 1. The van der Waals surface area contributed by atoms with Crippen molar-refractivity contribution in [2.24, 2.45) is 11.3 Å². The number of benzene rings is 1. The van der Waals surface area contributed by atoms with Gasteiger partial charge in [0, 0.05) is 11.8 Å². The minimum Gasteiger partial charge on any atom is -0.395 e. The molecule has 1 unspecified atom stereocenters. The fourth-order valence-corrected chi connectivity index (χ4v) is 5.26. The summed E-state index contributed by atoms with van der Waals surface area (Å²) in [6.45, 7) is 0.371. The first-order chi connectivity index (χ1) is 9.64. The van der Waals surface area contributed by atoms with E-state index in [1.165, 1.54) is 3.58 Å². The second kappa shape index (κ2) is 4.15. The molecule has 3 nitrogen and oxygen atoms in total. The Labute approximate surface area is 131 Å². The molecule has 4 heteroatoms. The van der Waals surface area contributed by atoms with E-state index in [4.69, 9.17) is 4.74 Å². The van der Waals surface area contributed by atoms with Crippen molar-refractivity contribution in [1.29, 1.82) is 0 Å². The van der Waals surface area contributed by atoms with Gasteiger partial charge in [-0.3, -0.25) is 4.79 Å². The average molecular weight is 382 g/mol. The van der Waals surface area contributed by atoms with Gasteiger partial charge in [0.1, 0.15) is 0 Å². The maximum Gasteiger partial charge on any atom is 0.180 e. The molecule has 4 atom stereocenters. The third kappa shape index (κ3) is 1.45. The molecule has 20 heavy (non-hydrogen) atoms. The van der Waals surface area contributed by atoms with Crippen LogP contribution in [-0.2, 0) is 9.53 Å². The van der Waals surface area contributed by atoms with Crippen molar-refractivity contribution in [2.75, 3.05) is 13.2 Å². The van der Waals surface area contributed by atoms with Crippen molar-refractivity contribution in [3.63, 3.8) is 0 Å². The third-order valence-corrected chi connectivity index (χ3v) is 6.17. The molecular weight excluding hydrogens is 367 g/mol. The van der Waals surface area contributed by atoms with Crippen LogP contribution in [0.15, 0.2) is 40.0 Å². The van der Waals surface area contributed by atoms with Crippen molar-refractivity contribution >= 4 is 28.4 Å². The van der Waals surface area contributed by atoms with Crippen molar-refractivity contribution in [1.82, 2.24) is 0 Å². The summed E-state index contributed by atoms with van der Waals surface area (Å²) in [7, 11) is 0. The Morgan fingerprint density at radius 2 is 2.00 bits per heavy atom. The summed E-state index contributed by atoms with van der Waals surface area (Å²) in [5, 5.41) is 10.0. The van der Waals surface area contributed by atoms with Crippen LogP contribution in [-0.4, -0.2) is 29.7 Å². The lowest BCUT2D eigenvalue weighted by atomic mass is 9.53. The molecule has 1 aromatic rings. The van der Waals surface area contributed by atoms with Gasteiger partial charge in [-0.1, -0.05) is 36.4 Å². The molecule has 4 aliphatic rings. The highest BCUT2D eigenvalue weighted by Gasteiger charge is 2.71. The number of aliphatic hydroxyl groups excluding tert-OH is 1. The highest BCUT2D eigenvalue weighted by molar-refractivity contribution is 14.1. The molecule has 3 aliphatic carbocycles. The fourth-order valence-electron chi connectivity index (χ4n) is 3.95. The van der Waals surface area contributed by atoms with Gasteiger partial charge in [-0.25, -0.2) is 0 Å². The van der Waals surface area contributed by atoms with Gasteiger partial charge in [0.2, 0.25) is 0 Å². The minimum absolute atomic E-state index is 0.0551. The van der Waals surface area contributed by atoms with E-state index in [9.17, 15) is 9.90 Å². The van der Waals surface area contributed by atoms with E-state index in [0.29, 0.717) is 6.61 Å². The van der Waals surface area contributed by atoms with Crippen molar-refractivity contribution in [3.8, 4) is 0 Å². The number of halogens is 1. The van der Waals surface area contributed by atoms with Crippen LogP contribution in [0.2, 0.25) is 0 Å². The topological polar surface area (TPSA) is 49.8 Å². The highest BCUT2D eigenvalue weighted by Crippen LogP contribution is 2.63. The van der Waals surface area contributed by atoms with E-state index in [1.54, 1.807) is 0 Å².